The molecule has 0 saturated heterocycles. The fourth-order valence-corrected chi connectivity index (χ4v) is 3.01. The smallest absolute Gasteiger partial charge is 0.118 e. The molecule has 3 nitrogen and oxygen atoms in total. The Morgan fingerprint density at radius 3 is 2.68 bits per heavy atom. The molecule has 1 aliphatic carbocycles. The third-order valence-electron chi connectivity index (χ3n) is 4.43. The van der Waals surface area contributed by atoms with Gasteiger partial charge in [0.15, 0.2) is 0 Å². The molecule has 0 amide bonds. The Morgan fingerprint density at radius 2 is 2.05 bits per heavy atom. The summed E-state index contributed by atoms with van der Waals surface area (Å²) in [5.74, 6) is 1.08. The Balaban J connectivity index is 1.85. The molecule has 0 atom stereocenters. The van der Waals surface area contributed by atoms with Crippen molar-refractivity contribution in [3.05, 3.63) is 23.7 Å². The molecular weight excluding hydrogens is 236 g/mol. The van der Waals surface area contributed by atoms with Crippen LogP contribution in [0.15, 0.2) is 16.7 Å². The maximum Gasteiger partial charge on any atom is 0.118 e. The molecule has 2 rings (SSSR count). The lowest BCUT2D eigenvalue weighted by molar-refractivity contribution is 0.117. The monoisotopic (exact) mass is 264 g/mol. The highest BCUT2D eigenvalue weighted by atomic mass is 16.3. The van der Waals surface area contributed by atoms with Crippen LogP contribution in [0.2, 0.25) is 0 Å². The van der Waals surface area contributed by atoms with E-state index in [2.05, 4.69) is 37.2 Å². The van der Waals surface area contributed by atoms with Gasteiger partial charge in [0.1, 0.15) is 5.76 Å². The fourth-order valence-electron chi connectivity index (χ4n) is 3.01. The van der Waals surface area contributed by atoms with Gasteiger partial charge in [-0.15, -0.1) is 0 Å². The lowest BCUT2D eigenvalue weighted by atomic mass is 9.75. The third kappa shape index (κ3) is 4.08. The Kier molecular flexibility index (Phi) is 4.69. The summed E-state index contributed by atoms with van der Waals surface area (Å²) in [7, 11) is 4.19. The van der Waals surface area contributed by atoms with Crippen molar-refractivity contribution in [2.45, 2.75) is 58.7 Å². The van der Waals surface area contributed by atoms with Gasteiger partial charge in [0.05, 0.1) is 12.8 Å². The van der Waals surface area contributed by atoms with Crippen LogP contribution < -0.4 is 5.32 Å². The van der Waals surface area contributed by atoms with Crippen LogP contribution in [0.5, 0.6) is 0 Å². The highest BCUT2D eigenvalue weighted by Gasteiger charge is 2.28. The van der Waals surface area contributed by atoms with Crippen LogP contribution in [-0.4, -0.2) is 25.0 Å². The lowest BCUT2D eigenvalue weighted by Gasteiger charge is -2.38. The van der Waals surface area contributed by atoms with Crippen LogP contribution in [0.1, 0.15) is 50.9 Å². The molecule has 108 valence electrons. The average Bonchev–Trinajstić information content (AvgIpc) is 2.77. The number of nitrogens with one attached hydrogen (secondary N) is 1. The molecule has 0 bridgehead atoms. The van der Waals surface area contributed by atoms with E-state index >= 15 is 0 Å². The van der Waals surface area contributed by atoms with Crippen molar-refractivity contribution in [3.8, 4) is 0 Å². The molecule has 1 N–H and O–H groups in total. The zero-order valence-electron chi connectivity index (χ0n) is 12.8. The first kappa shape index (κ1) is 14.6. The predicted molar refractivity (Wildman–Crippen MR) is 79.0 cm³/mol. The van der Waals surface area contributed by atoms with Crippen LogP contribution in [0.4, 0.5) is 0 Å². The Hall–Kier alpha value is -0.800. The fraction of sp³-hybridized carbons (Fsp3) is 0.750. The van der Waals surface area contributed by atoms with E-state index in [1.807, 2.05) is 13.3 Å². The highest BCUT2D eigenvalue weighted by molar-refractivity contribution is 5.12. The molecule has 1 aromatic heterocycles. The van der Waals surface area contributed by atoms with E-state index in [0.717, 1.165) is 18.8 Å². The topological polar surface area (TPSA) is 28.4 Å². The molecule has 1 aliphatic rings. The minimum absolute atomic E-state index is 0.544. The molecule has 0 aliphatic heterocycles. The standard InChI is InChI=1S/C16H28N2O/c1-16(2)7-5-14(6-8-16)18(4)11-15-9-13(10-17-3)12-19-15/h9,12,14,17H,5-8,10-11H2,1-4H3. The van der Waals surface area contributed by atoms with Crippen molar-refractivity contribution in [2.24, 2.45) is 5.41 Å². The van der Waals surface area contributed by atoms with Crippen molar-refractivity contribution < 1.29 is 4.42 Å². The van der Waals surface area contributed by atoms with Gasteiger partial charge in [-0.3, -0.25) is 4.90 Å². The maximum absolute atomic E-state index is 5.64. The van der Waals surface area contributed by atoms with Crippen LogP contribution in [0, 0.1) is 5.41 Å². The summed E-state index contributed by atoms with van der Waals surface area (Å²) >= 11 is 0. The first-order valence-electron chi connectivity index (χ1n) is 7.41. The predicted octanol–water partition coefficient (Wildman–Crippen LogP) is 3.40. The highest BCUT2D eigenvalue weighted by Crippen LogP contribution is 2.36. The minimum atomic E-state index is 0.544. The number of nitrogens with zero attached hydrogens (tertiary/aromatic N) is 1. The van der Waals surface area contributed by atoms with E-state index in [1.54, 1.807) is 0 Å². The summed E-state index contributed by atoms with van der Waals surface area (Å²) in [6.45, 7) is 6.58. The molecule has 3 heteroatoms. The number of rotatable bonds is 5. The summed E-state index contributed by atoms with van der Waals surface area (Å²) in [6, 6.07) is 2.88. The SMILES string of the molecule is CNCc1coc(CN(C)C2CCC(C)(C)CC2)c1. The van der Waals surface area contributed by atoms with E-state index in [9.17, 15) is 0 Å². The molecule has 1 fully saturated rings. The first-order valence-corrected chi connectivity index (χ1v) is 7.41. The molecule has 1 saturated carbocycles. The van der Waals surface area contributed by atoms with Crippen LogP contribution in [0.25, 0.3) is 0 Å². The summed E-state index contributed by atoms with van der Waals surface area (Å²) in [5, 5.41) is 3.15. The summed E-state index contributed by atoms with van der Waals surface area (Å²) < 4.78 is 5.64. The molecule has 0 radical (unpaired) electrons. The van der Waals surface area contributed by atoms with Gasteiger partial charge in [0.25, 0.3) is 0 Å². The van der Waals surface area contributed by atoms with E-state index in [1.165, 1.54) is 31.2 Å². The van der Waals surface area contributed by atoms with E-state index in [0.29, 0.717) is 11.5 Å². The van der Waals surface area contributed by atoms with Gasteiger partial charge in [-0.2, -0.15) is 0 Å². The van der Waals surface area contributed by atoms with Crippen molar-refractivity contribution in [2.75, 3.05) is 14.1 Å². The second-order valence-corrected chi connectivity index (χ2v) is 6.76. The van der Waals surface area contributed by atoms with Crippen molar-refractivity contribution >= 4 is 0 Å². The largest absolute Gasteiger partial charge is 0.468 e. The van der Waals surface area contributed by atoms with Gasteiger partial charge < -0.3 is 9.73 Å². The normalized spacial score (nSPS) is 20.1. The molecule has 0 spiro atoms. The van der Waals surface area contributed by atoms with E-state index in [-0.39, 0.29) is 0 Å². The van der Waals surface area contributed by atoms with Gasteiger partial charge in [-0.1, -0.05) is 13.8 Å². The molecule has 1 heterocycles. The third-order valence-corrected chi connectivity index (χ3v) is 4.43. The van der Waals surface area contributed by atoms with Gasteiger partial charge in [0.2, 0.25) is 0 Å². The van der Waals surface area contributed by atoms with Gasteiger partial charge >= 0.3 is 0 Å². The van der Waals surface area contributed by atoms with Crippen LogP contribution in [-0.2, 0) is 13.1 Å². The van der Waals surface area contributed by atoms with Crippen LogP contribution >= 0.6 is 0 Å². The average molecular weight is 264 g/mol. The number of furan rings is 1. The Labute approximate surface area is 117 Å². The van der Waals surface area contributed by atoms with Crippen molar-refractivity contribution in [1.29, 1.82) is 0 Å². The second-order valence-electron chi connectivity index (χ2n) is 6.76. The Morgan fingerprint density at radius 1 is 1.37 bits per heavy atom. The van der Waals surface area contributed by atoms with Gasteiger partial charge in [-0.05, 0) is 51.3 Å². The maximum atomic E-state index is 5.64. The first-order chi connectivity index (χ1) is 9.00. The van der Waals surface area contributed by atoms with Crippen molar-refractivity contribution in [3.63, 3.8) is 0 Å². The summed E-state index contributed by atoms with van der Waals surface area (Å²) in [4.78, 5) is 2.46. The quantitative estimate of drug-likeness (QED) is 0.883. The lowest BCUT2D eigenvalue weighted by Crippen LogP contribution is -2.36. The minimum Gasteiger partial charge on any atom is -0.468 e. The molecule has 0 aromatic carbocycles. The molecule has 19 heavy (non-hydrogen) atoms. The molecule has 1 aromatic rings. The zero-order chi connectivity index (χ0) is 13.9. The number of hydrogen-bond donors (Lipinski definition) is 1. The molecule has 0 unspecified atom stereocenters. The van der Waals surface area contributed by atoms with Crippen LogP contribution in [0.3, 0.4) is 0 Å². The summed E-state index contributed by atoms with van der Waals surface area (Å²) in [5.41, 5.74) is 1.78. The second kappa shape index (κ2) is 6.10. The Bertz CT molecular complexity index is 387. The zero-order valence-corrected chi connectivity index (χ0v) is 12.8. The van der Waals surface area contributed by atoms with Crippen molar-refractivity contribution in [1.82, 2.24) is 10.2 Å². The van der Waals surface area contributed by atoms with Gasteiger partial charge in [0, 0.05) is 18.2 Å². The number of hydrogen-bond acceptors (Lipinski definition) is 3. The summed E-state index contributed by atoms with van der Waals surface area (Å²) in [6.07, 6.45) is 7.17. The van der Waals surface area contributed by atoms with E-state index in [4.69, 9.17) is 4.42 Å². The molecular formula is C16H28N2O. The van der Waals surface area contributed by atoms with Gasteiger partial charge in [-0.25, -0.2) is 0 Å². The van der Waals surface area contributed by atoms with E-state index < -0.39 is 0 Å².